The first-order chi connectivity index (χ1) is 7.47. The maximum atomic E-state index is 11.9. The lowest BCUT2D eigenvalue weighted by Crippen LogP contribution is -2.22. The topological polar surface area (TPSA) is 55.0 Å². The molecule has 0 aliphatic rings. The summed E-state index contributed by atoms with van der Waals surface area (Å²) in [5, 5.41) is 0. The Morgan fingerprint density at radius 1 is 1.38 bits per heavy atom. The van der Waals surface area contributed by atoms with Gasteiger partial charge in [-0.3, -0.25) is 4.79 Å². The molecule has 0 saturated heterocycles. The molecule has 0 radical (unpaired) electrons. The quantitative estimate of drug-likeness (QED) is 0.850. The van der Waals surface area contributed by atoms with Gasteiger partial charge in [-0.2, -0.15) is 0 Å². The summed E-state index contributed by atoms with van der Waals surface area (Å²) in [6.45, 7) is 8.42. The zero-order valence-corrected chi connectivity index (χ0v) is 10.6. The molecular weight excluding hydrogens is 204 g/mol. The molecule has 1 atom stereocenters. The molecule has 0 fully saturated rings. The Hall–Kier alpha value is -1.16. The highest BCUT2D eigenvalue weighted by molar-refractivity contribution is 5.20. The van der Waals surface area contributed by atoms with Crippen molar-refractivity contribution in [2.75, 3.05) is 13.7 Å². The van der Waals surface area contributed by atoms with Crippen LogP contribution in [0.25, 0.3) is 0 Å². The van der Waals surface area contributed by atoms with Crippen molar-refractivity contribution in [1.29, 1.82) is 0 Å². The molecule has 0 aliphatic carbocycles. The number of nitrogens with zero attached hydrogens (tertiary/aromatic N) is 1. The number of H-pyrrole nitrogens is 1. The molecule has 0 spiro atoms. The lowest BCUT2D eigenvalue weighted by atomic mass is 10.0. The van der Waals surface area contributed by atoms with Crippen LogP contribution in [0.1, 0.15) is 49.7 Å². The number of hydrogen-bond acceptors (Lipinski definition) is 3. The van der Waals surface area contributed by atoms with Gasteiger partial charge in [0.1, 0.15) is 5.82 Å². The molecule has 0 amide bonds. The van der Waals surface area contributed by atoms with E-state index in [-0.39, 0.29) is 17.4 Å². The van der Waals surface area contributed by atoms with Crippen LogP contribution in [0.3, 0.4) is 0 Å². The van der Waals surface area contributed by atoms with E-state index in [0.717, 1.165) is 11.3 Å². The Labute approximate surface area is 96.1 Å². The van der Waals surface area contributed by atoms with E-state index in [1.807, 2.05) is 27.7 Å². The Balaban J connectivity index is 3.15. The SMILES string of the molecule is COCC(C)c1nc(C)c(C(C)C)c(=O)[nH]1. The van der Waals surface area contributed by atoms with E-state index in [9.17, 15) is 4.79 Å². The fourth-order valence-corrected chi connectivity index (χ4v) is 1.86. The van der Waals surface area contributed by atoms with Gasteiger partial charge in [0.2, 0.25) is 0 Å². The Morgan fingerprint density at radius 3 is 2.44 bits per heavy atom. The molecular formula is C12H20N2O2. The van der Waals surface area contributed by atoms with Crippen LogP contribution in [0.5, 0.6) is 0 Å². The maximum absolute atomic E-state index is 11.9. The number of rotatable bonds is 4. The van der Waals surface area contributed by atoms with Gasteiger partial charge >= 0.3 is 0 Å². The van der Waals surface area contributed by atoms with Crippen molar-refractivity contribution >= 4 is 0 Å². The van der Waals surface area contributed by atoms with Crippen LogP contribution < -0.4 is 5.56 Å². The van der Waals surface area contributed by atoms with Gasteiger partial charge in [0.15, 0.2) is 0 Å². The zero-order valence-electron chi connectivity index (χ0n) is 10.6. The highest BCUT2D eigenvalue weighted by atomic mass is 16.5. The van der Waals surface area contributed by atoms with Crippen molar-refractivity contribution in [1.82, 2.24) is 9.97 Å². The molecule has 1 heterocycles. The molecule has 16 heavy (non-hydrogen) atoms. The van der Waals surface area contributed by atoms with Crippen molar-refractivity contribution in [3.63, 3.8) is 0 Å². The van der Waals surface area contributed by atoms with Gasteiger partial charge in [0.05, 0.1) is 6.61 Å². The maximum Gasteiger partial charge on any atom is 0.254 e. The van der Waals surface area contributed by atoms with E-state index >= 15 is 0 Å². The van der Waals surface area contributed by atoms with Crippen LogP contribution in [0.15, 0.2) is 4.79 Å². The summed E-state index contributed by atoms with van der Waals surface area (Å²) in [5.41, 5.74) is 1.56. The zero-order chi connectivity index (χ0) is 12.3. The first kappa shape index (κ1) is 12.9. The minimum Gasteiger partial charge on any atom is -0.384 e. The van der Waals surface area contributed by atoms with Crippen molar-refractivity contribution in [2.45, 2.75) is 39.5 Å². The highest BCUT2D eigenvalue weighted by Gasteiger charge is 2.14. The van der Waals surface area contributed by atoms with Crippen LogP contribution in [-0.4, -0.2) is 23.7 Å². The number of aryl methyl sites for hydroxylation is 1. The van der Waals surface area contributed by atoms with Crippen LogP contribution in [0.4, 0.5) is 0 Å². The largest absolute Gasteiger partial charge is 0.384 e. The fourth-order valence-electron chi connectivity index (χ4n) is 1.86. The van der Waals surface area contributed by atoms with E-state index in [1.165, 1.54) is 0 Å². The lowest BCUT2D eigenvalue weighted by Gasteiger charge is -2.13. The van der Waals surface area contributed by atoms with Gasteiger partial charge in [-0.05, 0) is 12.8 Å². The summed E-state index contributed by atoms with van der Waals surface area (Å²) < 4.78 is 5.05. The third-order valence-electron chi connectivity index (χ3n) is 2.62. The van der Waals surface area contributed by atoms with Crippen LogP contribution in [0, 0.1) is 6.92 Å². The Kier molecular flexibility index (Phi) is 4.24. The smallest absolute Gasteiger partial charge is 0.254 e. The molecule has 0 bridgehead atoms. The second-order valence-corrected chi connectivity index (χ2v) is 4.46. The molecule has 1 aromatic rings. The van der Waals surface area contributed by atoms with Gasteiger partial charge in [0.25, 0.3) is 5.56 Å². The first-order valence-electron chi connectivity index (χ1n) is 5.57. The number of methoxy groups -OCH3 is 1. The summed E-state index contributed by atoms with van der Waals surface area (Å²) in [5.74, 6) is 1.01. The fraction of sp³-hybridized carbons (Fsp3) is 0.667. The number of hydrogen-bond donors (Lipinski definition) is 1. The van der Waals surface area contributed by atoms with Crippen LogP contribution >= 0.6 is 0 Å². The summed E-state index contributed by atoms with van der Waals surface area (Å²) >= 11 is 0. The highest BCUT2D eigenvalue weighted by Crippen LogP contribution is 2.15. The van der Waals surface area contributed by atoms with E-state index < -0.39 is 0 Å². The van der Waals surface area contributed by atoms with Gasteiger partial charge in [-0.25, -0.2) is 4.98 Å². The van der Waals surface area contributed by atoms with Gasteiger partial charge in [0, 0.05) is 24.3 Å². The first-order valence-corrected chi connectivity index (χ1v) is 5.57. The van der Waals surface area contributed by atoms with E-state index in [1.54, 1.807) is 7.11 Å². The Bertz CT molecular complexity index is 410. The average molecular weight is 224 g/mol. The summed E-state index contributed by atoms with van der Waals surface area (Å²) in [6.07, 6.45) is 0. The van der Waals surface area contributed by atoms with Crippen molar-refractivity contribution in [3.05, 3.63) is 27.4 Å². The molecule has 0 saturated carbocycles. The van der Waals surface area contributed by atoms with E-state index in [0.29, 0.717) is 12.4 Å². The van der Waals surface area contributed by atoms with Crippen molar-refractivity contribution < 1.29 is 4.74 Å². The molecule has 4 heteroatoms. The predicted molar refractivity (Wildman–Crippen MR) is 64.0 cm³/mol. The van der Waals surface area contributed by atoms with E-state index in [2.05, 4.69) is 9.97 Å². The average Bonchev–Trinajstić information content (AvgIpc) is 2.16. The molecule has 1 N–H and O–H groups in total. The second-order valence-electron chi connectivity index (χ2n) is 4.46. The molecule has 1 aromatic heterocycles. The lowest BCUT2D eigenvalue weighted by molar-refractivity contribution is 0.181. The van der Waals surface area contributed by atoms with Crippen LogP contribution in [-0.2, 0) is 4.74 Å². The summed E-state index contributed by atoms with van der Waals surface area (Å²) in [6, 6.07) is 0. The van der Waals surface area contributed by atoms with Crippen molar-refractivity contribution in [2.24, 2.45) is 0 Å². The second kappa shape index (κ2) is 5.25. The van der Waals surface area contributed by atoms with Crippen LogP contribution in [0.2, 0.25) is 0 Å². The minimum atomic E-state index is -0.0274. The normalized spacial score (nSPS) is 13.1. The monoisotopic (exact) mass is 224 g/mol. The minimum absolute atomic E-state index is 0.0274. The predicted octanol–water partition coefficient (Wildman–Crippen LogP) is 1.95. The number of nitrogens with one attached hydrogen (secondary N) is 1. The molecule has 90 valence electrons. The number of aromatic amines is 1. The molecule has 4 nitrogen and oxygen atoms in total. The molecule has 1 unspecified atom stereocenters. The third kappa shape index (κ3) is 2.70. The summed E-state index contributed by atoms with van der Waals surface area (Å²) in [4.78, 5) is 19.1. The van der Waals surface area contributed by atoms with Gasteiger partial charge < -0.3 is 9.72 Å². The van der Waals surface area contributed by atoms with Crippen molar-refractivity contribution in [3.8, 4) is 0 Å². The number of aromatic nitrogens is 2. The number of ether oxygens (including phenoxy) is 1. The van der Waals surface area contributed by atoms with E-state index in [4.69, 9.17) is 4.74 Å². The molecule has 1 rings (SSSR count). The van der Waals surface area contributed by atoms with Gasteiger partial charge in [-0.15, -0.1) is 0 Å². The van der Waals surface area contributed by atoms with Gasteiger partial charge in [-0.1, -0.05) is 20.8 Å². The Morgan fingerprint density at radius 2 is 2.00 bits per heavy atom. The third-order valence-corrected chi connectivity index (χ3v) is 2.62. The molecule has 0 aromatic carbocycles. The molecule has 0 aliphatic heterocycles. The summed E-state index contributed by atoms with van der Waals surface area (Å²) in [7, 11) is 1.64. The standard InChI is InChI=1S/C12H20N2O2/c1-7(2)10-9(4)13-11(14-12(10)15)8(3)6-16-5/h7-8H,6H2,1-5H3,(H,13,14,15).